The lowest BCUT2D eigenvalue weighted by Gasteiger charge is -2.09. The molecule has 1 rings (SSSR count). The van der Waals surface area contributed by atoms with Crippen molar-refractivity contribution >= 4 is 19.7 Å². The Morgan fingerprint density at radius 3 is 2.55 bits per heavy atom. The van der Waals surface area contributed by atoms with Crippen LogP contribution in [-0.4, -0.2) is 26.1 Å². The summed E-state index contributed by atoms with van der Waals surface area (Å²) < 4.78 is 4.66. The average molecular weight is 291 g/mol. The van der Waals surface area contributed by atoms with Crippen molar-refractivity contribution in [3.8, 4) is 11.8 Å². The lowest BCUT2D eigenvalue weighted by atomic mass is 10.1. The van der Waals surface area contributed by atoms with Crippen LogP contribution in [0, 0.1) is 22.0 Å². The average Bonchev–Trinajstić information content (AvgIpc) is 2.36. The number of ether oxygens (including phenoxy) is 1. The summed E-state index contributed by atoms with van der Waals surface area (Å²) in [5.74, 6) is 5.32. The lowest BCUT2D eigenvalue weighted by molar-refractivity contribution is -0.384. The Labute approximate surface area is 119 Å². The van der Waals surface area contributed by atoms with Crippen LogP contribution in [0.2, 0.25) is 25.7 Å². The Morgan fingerprint density at radius 1 is 1.40 bits per heavy atom. The van der Waals surface area contributed by atoms with E-state index in [0.29, 0.717) is 5.56 Å². The van der Waals surface area contributed by atoms with Gasteiger partial charge in [0.2, 0.25) is 0 Å². The molecule has 6 heteroatoms. The Morgan fingerprint density at radius 2 is 2.05 bits per heavy atom. The summed E-state index contributed by atoms with van der Waals surface area (Å²) in [7, 11) is -0.0561. The van der Waals surface area contributed by atoms with Crippen LogP contribution >= 0.6 is 0 Å². The van der Waals surface area contributed by atoms with Crippen molar-refractivity contribution < 1.29 is 14.5 Å². The van der Waals surface area contributed by atoms with E-state index in [-0.39, 0.29) is 11.3 Å². The molecular formula is C14H17NO4Si. The van der Waals surface area contributed by atoms with Crippen molar-refractivity contribution in [1.29, 1.82) is 0 Å². The molecule has 0 fully saturated rings. The topological polar surface area (TPSA) is 69.4 Å². The highest BCUT2D eigenvalue weighted by Crippen LogP contribution is 2.18. The third-order valence-corrected chi connectivity index (χ3v) is 3.70. The zero-order valence-corrected chi connectivity index (χ0v) is 13.0. The first-order valence-electron chi connectivity index (χ1n) is 6.10. The first kappa shape index (κ1) is 15.9. The van der Waals surface area contributed by atoms with Gasteiger partial charge in [-0.15, -0.1) is 5.92 Å². The van der Waals surface area contributed by atoms with Gasteiger partial charge in [-0.2, -0.15) is 0 Å². The van der Waals surface area contributed by atoms with E-state index in [1.54, 1.807) is 0 Å². The highest BCUT2D eigenvalue weighted by Gasteiger charge is 2.15. The molecule has 0 N–H and O–H groups in total. The number of non-ortho nitro benzene ring substituents is 1. The van der Waals surface area contributed by atoms with Crippen molar-refractivity contribution in [2.24, 2.45) is 0 Å². The third kappa shape index (κ3) is 4.52. The van der Waals surface area contributed by atoms with E-state index < -0.39 is 19.0 Å². The van der Waals surface area contributed by atoms with Crippen LogP contribution in [-0.2, 0) is 4.74 Å². The molecule has 0 radical (unpaired) electrons. The van der Waals surface area contributed by atoms with Gasteiger partial charge >= 0.3 is 5.97 Å². The summed E-state index contributed by atoms with van der Waals surface area (Å²) in [6.45, 7) is 6.53. The van der Waals surface area contributed by atoms with Gasteiger partial charge in [0.25, 0.3) is 5.69 Å². The Hall–Kier alpha value is -2.13. The van der Waals surface area contributed by atoms with Crippen LogP contribution in [0.1, 0.15) is 15.9 Å². The number of methoxy groups -OCH3 is 1. The minimum atomic E-state index is -1.32. The second-order valence-corrected chi connectivity index (χ2v) is 11.0. The molecule has 0 unspecified atom stereocenters. The molecule has 0 saturated heterocycles. The molecular weight excluding hydrogens is 274 g/mol. The van der Waals surface area contributed by atoms with Crippen LogP contribution in [0.5, 0.6) is 0 Å². The van der Waals surface area contributed by atoms with E-state index in [2.05, 4.69) is 36.2 Å². The van der Waals surface area contributed by atoms with Gasteiger partial charge in [0.1, 0.15) is 0 Å². The fourth-order valence-corrected chi connectivity index (χ4v) is 2.06. The largest absolute Gasteiger partial charge is 0.465 e. The van der Waals surface area contributed by atoms with Gasteiger partial charge in [-0.1, -0.05) is 25.6 Å². The lowest BCUT2D eigenvalue weighted by Crippen LogP contribution is -2.17. The number of hydrogen-bond acceptors (Lipinski definition) is 4. The fraction of sp³-hybridized carbons (Fsp3) is 0.357. The number of nitrogens with zero attached hydrogens (tertiary/aromatic N) is 1. The predicted molar refractivity (Wildman–Crippen MR) is 79.5 cm³/mol. The SMILES string of the molecule is COC(=O)c1ccc([N+](=O)[O-])cc1C#CC[Si](C)(C)C. The third-order valence-electron chi connectivity index (χ3n) is 2.46. The number of carbonyl (C=O) groups is 1. The second-order valence-electron chi connectivity index (χ2n) is 5.52. The van der Waals surface area contributed by atoms with E-state index in [1.165, 1.54) is 25.3 Å². The molecule has 0 heterocycles. The number of esters is 1. The van der Waals surface area contributed by atoms with Crippen molar-refractivity contribution in [2.45, 2.75) is 25.7 Å². The number of nitro groups is 1. The molecule has 0 aliphatic heterocycles. The fourth-order valence-electron chi connectivity index (χ4n) is 1.44. The molecule has 0 aliphatic carbocycles. The second kappa shape index (κ2) is 6.35. The van der Waals surface area contributed by atoms with Gasteiger partial charge in [-0.3, -0.25) is 10.1 Å². The van der Waals surface area contributed by atoms with E-state index in [4.69, 9.17) is 0 Å². The van der Waals surface area contributed by atoms with E-state index in [1.807, 2.05) is 0 Å². The van der Waals surface area contributed by atoms with E-state index in [0.717, 1.165) is 6.04 Å². The smallest absolute Gasteiger partial charge is 0.339 e. The molecule has 106 valence electrons. The van der Waals surface area contributed by atoms with Crippen LogP contribution in [0.3, 0.4) is 0 Å². The molecule has 20 heavy (non-hydrogen) atoms. The maximum absolute atomic E-state index is 11.6. The molecule has 5 nitrogen and oxygen atoms in total. The molecule has 0 amide bonds. The Kier molecular flexibility index (Phi) is 5.05. The molecule has 0 spiro atoms. The summed E-state index contributed by atoms with van der Waals surface area (Å²) in [6.07, 6.45) is 0. The Bertz CT molecular complexity index is 593. The summed E-state index contributed by atoms with van der Waals surface area (Å²) in [4.78, 5) is 21.9. The van der Waals surface area contributed by atoms with E-state index >= 15 is 0 Å². The Balaban J connectivity index is 3.21. The summed E-state index contributed by atoms with van der Waals surface area (Å²) in [6, 6.07) is 4.72. The van der Waals surface area contributed by atoms with Gasteiger partial charge in [-0.25, -0.2) is 4.79 Å². The first-order chi connectivity index (χ1) is 9.24. The summed E-state index contributed by atoms with van der Waals surface area (Å²) in [5.41, 5.74) is 0.500. The number of hydrogen-bond donors (Lipinski definition) is 0. The maximum Gasteiger partial charge on any atom is 0.339 e. The van der Waals surface area contributed by atoms with Crippen molar-refractivity contribution in [1.82, 2.24) is 0 Å². The van der Waals surface area contributed by atoms with Gasteiger partial charge in [-0.05, 0) is 6.07 Å². The molecule has 0 aromatic heterocycles. The quantitative estimate of drug-likeness (QED) is 0.282. The van der Waals surface area contributed by atoms with E-state index in [9.17, 15) is 14.9 Å². The molecule has 0 saturated carbocycles. The summed E-state index contributed by atoms with van der Waals surface area (Å²) >= 11 is 0. The zero-order chi connectivity index (χ0) is 15.3. The molecule has 0 atom stereocenters. The number of benzene rings is 1. The standard InChI is InChI=1S/C14H17NO4Si/c1-19-14(16)13-8-7-12(15(17)18)10-11(13)6-5-9-20(2,3)4/h7-8,10H,9H2,1-4H3. The zero-order valence-electron chi connectivity index (χ0n) is 12.0. The van der Waals surface area contributed by atoms with Crippen LogP contribution in [0.4, 0.5) is 5.69 Å². The van der Waals surface area contributed by atoms with Gasteiger partial charge in [0.15, 0.2) is 0 Å². The van der Waals surface area contributed by atoms with Gasteiger partial charge < -0.3 is 4.74 Å². The predicted octanol–water partition coefficient (Wildman–Crippen LogP) is 3.07. The molecule has 0 bridgehead atoms. The van der Waals surface area contributed by atoms with Gasteiger partial charge in [0, 0.05) is 23.7 Å². The van der Waals surface area contributed by atoms with Crippen LogP contribution in [0.15, 0.2) is 18.2 Å². The highest BCUT2D eigenvalue weighted by molar-refractivity contribution is 6.76. The van der Waals surface area contributed by atoms with Crippen LogP contribution < -0.4 is 0 Å². The maximum atomic E-state index is 11.6. The molecule has 1 aromatic rings. The van der Waals surface area contributed by atoms with Crippen molar-refractivity contribution in [2.75, 3.05) is 7.11 Å². The minimum Gasteiger partial charge on any atom is -0.465 e. The van der Waals surface area contributed by atoms with Crippen molar-refractivity contribution in [3.05, 3.63) is 39.4 Å². The molecule has 0 aliphatic rings. The normalized spacial score (nSPS) is 10.4. The molecule has 1 aromatic carbocycles. The minimum absolute atomic E-state index is 0.0880. The number of carbonyl (C=O) groups excluding carboxylic acids is 1. The monoisotopic (exact) mass is 291 g/mol. The summed E-state index contributed by atoms with van der Waals surface area (Å²) in [5, 5.41) is 10.8. The van der Waals surface area contributed by atoms with Gasteiger partial charge in [0.05, 0.1) is 25.7 Å². The first-order valence-corrected chi connectivity index (χ1v) is 9.81. The van der Waals surface area contributed by atoms with Crippen LogP contribution in [0.25, 0.3) is 0 Å². The number of rotatable bonds is 3. The van der Waals surface area contributed by atoms with Crippen molar-refractivity contribution in [3.63, 3.8) is 0 Å². The highest BCUT2D eigenvalue weighted by atomic mass is 28.3. The number of nitro benzene ring substituents is 1.